The lowest BCUT2D eigenvalue weighted by Crippen LogP contribution is -2.05. The summed E-state index contributed by atoms with van der Waals surface area (Å²) in [5.74, 6) is 0.0255. The summed E-state index contributed by atoms with van der Waals surface area (Å²) in [6, 6.07) is 5.24. The first-order chi connectivity index (χ1) is 9.55. The number of carboxylic acids is 1. The van der Waals surface area contributed by atoms with Crippen molar-refractivity contribution in [1.29, 1.82) is 5.26 Å². The van der Waals surface area contributed by atoms with E-state index in [9.17, 15) is 4.79 Å². The lowest BCUT2D eigenvalue weighted by Gasteiger charge is -2.10. The molecule has 1 heterocycles. The predicted molar refractivity (Wildman–Crippen MR) is 72.6 cm³/mol. The fourth-order valence-electron chi connectivity index (χ4n) is 2.15. The van der Waals surface area contributed by atoms with Gasteiger partial charge in [0.25, 0.3) is 0 Å². The monoisotopic (exact) mass is 273 g/mol. The molecule has 1 aliphatic rings. The summed E-state index contributed by atoms with van der Waals surface area (Å²) in [4.78, 5) is 10.9. The highest BCUT2D eigenvalue weighted by atomic mass is 16.5. The quantitative estimate of drug-likeness (QED) is 0.673. The molecule has 1 aromatic carbocycles. The van der Waals surface area contributed by atoms with Crippen LogP contribution >= 0.6 is 0 Å². The summed E-state index contributed by atoms with van der Waals surface area (Å²) in [6.07, 6.45) is 2.19. The van der Waals surface area contributed by atoms with Crippen LogP contribution in [0.25, 0.3) is 6.08 Å². The average molecular weight is 273 g/mol. The van der Waals surface area contributed by atoms with Gasteiger partial charge in [-0.25, -0.2) is 4.79 Å². The van der Waals surface area contributed by atoms with Gasteiger partial charge in [0, 0.05) is 17.5 Å². The third-order valence-corrected chi connectivity index (χ3v) is 2.98. The number of ether oxygens (including phenoxy) is 2. The number of carbonyl (C=O) groups is 1. The minimum atomic E-state index is -1.26. The third-order valence-electron chi connectivity index (χ3n) is 2.98. The minimum absolute atomic E-state index is 0.0913. The fraction of sp³-hybridized carbons (Fsp3) is 0.333. The SMILES string of the molecule is CCOc1cc2c(cc1/C=C(\C#N)C(=O)O)OC(C)C2. The molecule has 0 saturated carbocycles. The molecule has 20 heavy (non-hydrogen) atoms. The molecule has 0 fully saturated rings. The number of aliphatic carboxylic acids is 1. The summed E-state index contributed by atoms with van der Waals surface area (Å²) in [6.45, 7) is 4.28. The van der Waals surface area contributed by atoms with Gasteiger partial charge in [0.2, 0.25) is 0 Å². The second kappa shape index (κ2) is 5.66. The Kier molecular flexibility index (Phi) is 3.94. The second-order valence-corrected chi connectivity index (χ2v) is 4.54. The Morgan fingerprint density at radius 1 is 1.65 bits per heavy atom. The van der Waals surface area contributed by atoms with Gasteiger partial charge in [0.1, 0.15) is 29.2 Å². The number of benzene rings is 1. The normalized spacial score (nSPS) is 17.1. The summed E-state index contributed by atoms with van der Waals surface area (Å²) in [5.41, 5.74) is 1.24. The molecule has 1 atom stereocenters. The average Bonchev–Trinajstić information content (AvgIpc) is 2.74. The van der Waals surface area contributed by atoms with E-state index in [0.29, 0.717) is 17.9 Å². The first kappa shape index (κ1) is 13.9. The highest BCUT2D eigenvalue weighted by molar-refractivity contribution is 5.97. The summed E-state index contributed by atoms with van der Waals surface area (Å²) in [5, 5.41) is 17.8. The smallest absolute Gasteiger partial charge is 0.346 e. The first-order valence-electron chi connectivity index (χ1n) is 6.36. The van der Waals surface area contributed by atoms with E-state index in [1.54, 1.807) is 12.1 Å². The van der Waals surface area contributed by atoms with Crippen molar-refractivity contribution in [3.63, 3.8) is 0 Å². The number of nitriles is 1. The molecule has 0 radical (unpaired) electrons. The van der Waals surface area contributed by atoms with Crippen molar-refractivity contribution in [2.45, 2.75) is 26.4 Å². The molecule has 104 valence electrons. The van der Waals surface area contributed by atoms with Gasteiger partial charge in [0.05, 0.1) is 6.61 Å². The van der Waals surface area contributed by atoms with Gasteiger partial charge in [-0.15, -0.1) is 0 Å². The molecule has 0 spiro atoms. The van der Waals surface area contributed by atoms with Crippen molar-refractivity contribution in [2.75, 3.05) is 6.61 Å². The van der Waals surface area contributed by atoms with Gasteiger partial charge in [-0.3, -0.25) is 0 Å². The van der Waals surface area contributed by atoms with Gasteiger partial charge >= 0.3 is 5.97 Å². The van der Waals surface area contributed by atoms with Crippen LogP contribution in [-0.2, 0) is 11.2 Å². The van der Waals surface area contributed by atoms with Crippen molar-refractivity contribution in [1.82, 2.24) is 0 Å². The van der Waals surface area contributed by atoms with Gasteiger partial charge < -0.3 is 14.6 Å². The van der Waals surface area contributed by atoms with Crippen molar-refractivity contribution in [3.8, 4) is 17.6 Å². The molecule has 2 rings (SSSR count). The second-order valence-electron chi connectivity index (χ2n) is 4.54. The molecule has 0 aromatic heterocycles. The maximum absolute atomic E-state index is 10.9. The van der Waals surface area contributed by atoms with Crippen molar-refractivity contribution in [2.24, 2.45) is 0 Å². The molecule has 1 unspecified atom stereocenters. The van der Waals surface area contributed by atoms with Crippen LogP contribution in [0.2, 0.25) is 0 Å². The zero-order chi connectivity index (χ0) is 14.7. The molecule has 0 bridgehead atoms. The number of hydrogen-bond acceptors (Lipinski definition) is 4. The van der Waals surface area contributed by atoms with E-state index >= 15 is 0 Å². The number of fused-ring (bicyclic) bond motifs is 1. The Morgan fingerprint density at radius 2 is 2.40 bits per heavy atom. The molecular weight excluding hydrogens is 258 g/mol. The van der Waals surface area contributed by atoms with Crippen LogP contribution in [0.4, 0.5) is 0 Å². The lowest BCUT2D eigenvalue weighted by atomic mass is 10.0. The van der Waals surface area contributed by atoms with Crippen LogP contribution in [0.15, 0.2) is 17.7 Å². The van der Waals surface area contributed by atoms with Gasteiger partial charge in [-0.1, -0.05) is 0 Å². The van der Waals surface area contributed by atoms with Crippen LogP contribution in [0.3, 0.4) is 0 Å². The van der Waals surface area contributed by atoms with E-state index in [-0.39, 0.29) is 11.7 Å². The highest BCUT2D eigenvalue weighted by Crippen LogP contribution is 2.36. The molecule has 1 aromatic rings. The molecule has 5 nitrogen and oxygen atoms in total. The summed E-state index contributed by atoms with van der Waals surface area (Å²) >= 11 is 0. The highest BCUT2D eigenvalue weighted by Gasteiger charge is 2.22. The van der Waals surface area contributed by atoms with Crippen molar-refractivity contribution < 1.29 is 19.4 Å². The number of hydrogen-bond donors (Lipinski definition) is 1. The van der Waals surface area contributed by atoms with E-state index in [1.165, 1.54) is 6.08 Å². The molecule has 0 amide bonds. The molecule has 1 N–H and O–H groups in total. The molecular formula is C15H15NO4. The number of nitrogens with zero attached hydrogens (tertiary/aromatic N) is 1. The Morgan fingerprint density at radius 3 is 3.00 bits per heavy atom. The third kappa shape index (κ3) is 2.75. The van der Waals surface area contributed by atoms with E-state index in [4.69, 9.17) is 19.8 Å². The maximum atomic E-state index is 10.9. The first-order valence-corrected chi connectivity index (χ1v) is 6.36. The van der Waals surface area contributed by atoms with Crippen LogP contribution in [0, 0.1) is 11.3 Å². The van der Waals surface area contributed by atoms with E-state index in [0.717, 1.165) is 17.7 Å². The largest absolute Gasteiger partial charge is 0.493 e. The zero-order valence-electron chi connectivity index (χ0n) is 11.3. The van der Waals surface area contributed by atoms with E-state index in [1.807, 2.05) is 19.9 Å². The Bertz CT molecular complexity index is 613. The summed E-state index contributed by atoms with van der Waals surface area (Å²) < 4.78 is 11.2. The number of rotatable bonds is 4. The number of carboxylic acid groups (broad SMARTS) is 1. The fourth-order valence-corrected chi connectivity index (χ4v) is 2.15. The van der Waals surface area contributed by atoms with Gasteiger partial charge in [0.15, 0.2) is 0 Å². The van der Waals surface area contributed by atoms with Crippen molar-refractivity contribution in [3.05, 3.63) is 28.8 Å². The van der Waals surface area contributed by atoms with Gasteiger partial charge in [-0.05, 0) is 32.1 Å². The molecule has 5 heteroatoms. The molecule has 1 aliphatic heterocycles. The van der Waals surface area contributed by atoms with Gasteiger partial charge in [-0.2, -0.15) is 5.26 Å². The Labute approximate surface area is 117 Å². The summed E-state index contributed by atoms with van der Waals surface area (Å²) in [7, 11) is 0. The van der Waals surface area contributed by atoms with E-state index < -0.39 is 5.97 Å². The van der Waals surface area contributed by atoms with Crippen LogP contribution in [0.5, 0.6) is 11.5 Å². The predicted octanol–water partition coefficient (Wildman–Crippen LogP) is 2.40. The molecule has 0 aliphatic carbocycles. The van der Waals surface area contributed by atoms with Crippen LogP contribution in [0.1, 0.15) is 25.0 Å². The minimum Gasteiger partial charge on any atom is -0.493 e. The van der Waals surface area contributed by atoms with Crippen LogP contribution in [-0.4, -0.2) is 23.8 Å². The zero-order valence-corrected chi connectivity index (χ0v) is 11.3. The standard InChI is InChI=1S/C15H15NO4/c1-3-19-13-6-10-4-9(2)20-14(10)7-11(13)5-12(8-16)15(17)18/h5-7,9H,3-4H2,1-2H3,(H,17,18)/b12-5+. The van der Waals surface area contributed by atoms with Crippen molar-refractivity contribution >= 4 is 12.0 Å². The Balaban J connectivity index is 2.49. The van der Waals surface area contributed by atoms with Crippen LogP contribution < -0.4 is 9.47 Å². The topological polar surface area (TPSA) is 79.5 Å². The lowest BCUT2D eigenvalue weighted by molar-refractivity contribution is -0.132. The molecule has 0 saturated heterocycles. The van der Waals surface area contributed by atoms with E-state index in [2.05, 4.69) is 0 Å². The maximum Gasteiger partial charge on any atom is 0.346 e. The Hall–Kier alpha value is -2.48.